The molecule has 1 heterocycles. The quantitative estimate of drug-likeness (QED) is 0.738. The molecule has 3 aromatic carbocycles. The maximum absolute atomic E-state index is 12.8. The number of carbonyl (C=O) groups is 1. The summed E-state index contributed by atoms with van der Waals surface area (Å²) in [5.41, 5.74) is 7.63. The first-order valence-electron chi connectivity index (χ1n) is 9.61. The molecule has 140 valence electrons. The van der Waals surface area contributed by atoms with Gasteiger partial charge in [0.15, 0.2) is 0 Å². The predicted octanol–water partition coefficient (Wildman–Crippen LogP) is 4.49. The number of aliphatic hydroxyl groups excluding tert-OH is 1. The molecule has 0 radical (unpaired) electrons. The van der Waals surface area contributed by atoms with E-state index in [0.29, 0.717) is 13.2 Å². The number of hydrogen-bond acceptors (Lipinski definition) is 3. The summed E-state index contributed by atoms with van der Waals surface area (Å²) in [6.07, 6.45) is 0.487. The second-order valence-electron chi connectivity index (χ2n) is 7.33. The van der Waals surface area contributed by atoms with Crippen LogP contribution in [0.1, 0.15) is 28.2 Å². The highest BCUT2D eigenvalue weighted by atomic mass is 16.6. The molecular weight excluding hydrogens is 350 g/mol. The average Bonchev–Trinajstić information content (AvgIpc) is 3.31. The van der Waals surface area contributed by atoms with Gasteiger partial charge in [0.1, 0.15) is 6.61 Å². The van der Waals surface area contributed by atoms with Crippen molar-refractivity contribution < 1.29 is 14.6 Å². The maximum Gasteiger partial charge on any atom is 0.414 e. The molecule has 0 bridgehead atoms. The van der Waals surface area contributed by atoms with Crippen LogP contribution in [0, 0.1) is 0 Å². The summed E-state index contributed by atoms with van der Waals surface area (Å²) in [7, 11) is 0. The zero-order valence-corrected chi connectivity index (χ0v) is 15.5. The largest absolute Gasteiger partial charge is 0.448 e. The van der Waals surface area contributed by atoms with Gasteiger partial charge in [-0.25, -0.2) is 4.79 Å². The summed E-state index contributed by atoms with van der Waals surface area (Å²) in [5.74, 6) is 0.0576. The topological polar surface area (TPSA) is 49.8 Å². The standard InChI is InChI=1S/C24H21NO3/c26-14-16-9-10-17-11-12-25(23(17)13-16)24(27)28-15-22-20-7-3-1-5-18(20)19-6-2-4-8-21(19)22/h1-10,13,22,26H,11-12,14-15H2. The van der Waals surface area contributed by atoms with E-state index in [1.165, 1.54) is 22.3 Å². The fourth-order valence-corrected chi connectivity index (χ4v) is 4.38. The number of carbonyl (C=O) groups excluding carboxylic acids is 1. The molecule has 5 rings (SSSR count). The molecule has 3 aromatic rings. The van der Waals surface area contributed by atoms with Crippen LogP contribution >= 0.6 is 0 Å². The third kappa shape index (κ3) is 2.69. The van der Waals surface area contributed by atoms with E-state index in [9.17, 15) is 9.90 Å². The van der Waals surface area contributed by atoms with Crippen molar-refractivity contribution in [2.24, 2.45) is 0 Å². The highest BCUT2D eigenvalue weighted by Crippen LogP contribution is 2.44. The number of benzene rings is 3. The zero-order chi connectivity index (χ0) is 19.1. The smallest absolute Gasteiger partial charge is 0.414 e. The first-order valence-corrected chi connectivity index (χ1v) is 9.61. The van der Waals surface area contributed by atoms with Gasteiger partial charge in [0, 0.05) is 12.5 Å². The Morgan fingerprint density at radius 1 is 1.00 bits per heavy atom. The van der Waals surface area contributed by atoms with Crippen molar-refractivity contribution in [1.82, 2.24) is 0 Å². The minimum absolute atomic E-state index is 0.0359. The Bertz CT molecular complexity index is 1010. The van der Waals surface area contributed by atoms with Gasteiger partial charge in [-0.1, -0.05) is 60.7 Å². The minimum atomic E-state index is -0.323. The van der Waals surface area contributed by atoms with Crippen LogP contribution in [0.2, 0.25) is 0 Å². The molecule has 0 aromatic heterocycles. The molecule has 1 amide bonds. The summed E-state index contributed by atoms with van der Waals surface area (Å²) in [6.45, 7) is 0.894. The fraction of sp³-hybridized carbons (Fsp3) is 0.208. The third-order valence-electron chi connectivity index (χ3n) is 5.78. The van der Waals surface area contributed by atoms with E-state index in [4.69, 9.17) is 4.74 Å². The Morgan fingerprint density at radius 2 is 1.68 bits per heavy atom. The van der Waals surface area contributed by atoms with Crippen molar-refractivity contribution in [1.29, 1.82) is 0 Å². The Hall–Kier alpha value is -3.11. The summed E-state index contributed by atoms with van der Waals surface area (Å²) in [4.78, 5) is 14.5. The van der Waals surface area contributed by atoms with Crippen LogP contribution in [0.4, 0.5) is 10.5 Å². The van der Waals surface area contributed by atoms with Crippen molar-refractivity contribution in [2.75, 3.05) is 18.1 Å². The number of ether oxygens (including phenoxy) is 1. The molecule has 1 aliphatic carbocycles. The average molecular weight is 371 g/mol. The summed E-state index contributed by atoms with van der Waals surface area (Å²) >= 11 is 0. The van der Waals surface area contributed by atoms with Crippen LogP contribution < -0.4 is 4.90 Å². The van der Waals surface area contributed by atoms with Crippen molar-refractivity contribution in [3.8, 4) is 11.1 Å². The second-order valence-corrected chi connectivity index (χ2v) is 7.33. The van der Waals surface area contributed by atoms with Crippen molar-refractivity contribution in [3.63, 3.8) is 0 Å². The second kappa shape index (κ2) is 6.80. The molecule has 0 saturated carbocycles. The highest BCUT2D eigenvalue weighted by molar-refractivity contribution is 5.90. The van der Waals surface area contributed by atoms with Gasteiger partial charge in [-0.3, -0.25) is 4.90 Å². The third-order valence-corrected chi connectivity index (χ3v) is 5.78. The molecule has 0 atom stereocenters. The van der Waals surface area contributed by atoms with Crippen LogP contribution in [0.15, 0.2) is 66.7 Å². The predicted molar refractivity (Wildman–Crippen MR) is 108 cm³/mol. The monoisotopic (exact) mass is 371 g/mol. The van der Waals surface area contributed by atoms with Gasteiger partial charge in [-0.15, -0.1) is 0 Å². The molecule has 4 nitrogen and oxygen atoms in total. The lowest BCUT2D eigenvalue weighted by Crippen LogP contribution is -2.30. The van der Waals surface area contributed by atoms with Crippen LogP contribution in [-0.4, -0.2) is 24.4 Å². The van der Waals surface area contributed by atoms with Gasteiger partial charge < -0.3 is 9.84 Å². The van der Waals surface area contributed by atoms with Crippen molar-refractivity contribution >= 4 is 11.8 Å². The first kappa shape index (κ1) is 17.0. The van der Waals surface area contributed by atoms with Crippen LogP contribution in [0.3, 0.4) is 0 Å². The van der Waals surface area contributed by atoms with Gasteiger partial charge in [0.25, 0.3) is 0 Å². The van der Waals surface area contributed by atoms with Crippen LogP contribution in [-0.2, 0) is 17.8 Å². The number of rotatable bonds is 3. The summed E-state index contributed by atoms with van der Waals surface area (Å²) in [6, 6.07) is 22.4. The molecule has 0 fully saturated rings. The number of nitrogens with zero attached hydrogens (tertiary/aromatic N) is 1. The molecule has 0 unspecified atom stereocenters. The molecule has 0 saturated heterocycles. The SMILES string of the molecule is O=C(OCC1c2ccccc2-c2ccccc21)N1CCc2ccc(CO)cc21. The minimum Gasteiger partial charge on any atom is -0.448 e. The van der Waals surface area contributed by atoms with Crippen molar-refractivity contribution in [3.05, 3.63) is 89.0 Å². The molecule has 1 aliphatic heterocycles. The fourth-order valence-electron chi connectivity index (χ4n) is 4.38. The van der Waals surface area contributed by atoms with E-state index < -0.39 is 0 Å². The Kier molecular flexibility index (Phi) is 4.14. The first-order chi connectivity index (χ1) is 13.8. The summed E-state index contributed by atoms with van der Waals surface area (Å²) < 4.78 is 5.78. The Morgan fingerprint density at radius 3 is 2.36 bits per heavy atom. The lowest BCUT2D eigenvalue weighted by Gasteiger charge is -2.20. The molecule has 4 heteroatoms. The molecule has 0 spiro atoms. The molecule has 2 aliphatic rings. The van der Waals surface area contributed by atoms with Gasteiger partial charge in [-0.2, -0.15) is 0 Å². The lowest BCUT2D eigenvalue weighted by atomic mass is 9.98. The molecular formula is C24H21NO3. The van der Waals surface area contributed by atoms with Crippen LogP contribution in [0.5, 0.6) is 0 Å². The number of fused-ring (bicyclic) bond motifs is 4. The maximum atomic E-state index is 12.8. The zero-order valence-electron chi connectivity index (χ0n) is 15.5. The van der Waals surface area contributed by atoms with E-state index in [2.05, 4.69) is 24.3 Å². The van der Waals surface area contributed by atoms with E-state index in [1.54, 1.807) is 4.90 Å². The number of amides is 1. The Labute approximate surface area is 164 Å². The van der Waals surface area contributed by atoms with Gasteiger partial charge in [0.05, 0.1) is 12.3 Å². The van der Waals surface area contributed by atoms with Gasteiger partial charge in [0.2, 0.25) is 0 Å². The summed E-state index contributed by atoms with van der Waals surface area (Å²) in [5, 5.41) is 9.39. The van der Waals surface area contributed by atoms with E-state index in [0.717, 1.165) is 23.2 Å². The molecule has 28 heavy (non-hydrogen) atoms. The van der Waals surface area contributed by atoms with E-state index in [1.807, 2.05) is 42.5 Å². The van der Waals surface area contributed by atoms with Gasteiger partial charge in [-0.05, 0) is 45.9 Å². The van der Waals surface area contributed by atoms with Gasteiger partial charge >= 0.3 is 6.09 Å². The number of anilines is 1. The Balaban J connectivity index is 1.37. The van der Waals surface area contributed by atoms with Crippen molar-refractivity contribution in [2.45, 2.75) is 18.9 Å². The lowest BCUT2D eigenvalue weighted by molar-refractivity contribution is 0.151. The van der Waals surface area contributed by atoms with E-state index in [-0.39, 0.29) is 18.6 Å². The van der Waals surface area contributed by atoms with Crippen LogP contribution in [0.25, 0.3) is 11.1 Å². The molecule has 1 N–H and O–H groups in total. The number of hydrogen-bond donors (Lipinski definition) is 1. The number of aliphatic hydroxyl groups is 1. The van der Waals surface area contributed by atoms with E-state index >= 15 is 0 Å². The highest BCUT2D eigenvalue weighted by Gasteiger charge is 2.31. The normalized spacial score (nSPS) is 14.5.